The third-order valence-corrected chi connectivity index (χ3v) is 4.53. The number of nitrogens with zero attached hydrogens (tertiary/aromatic N) is 3. The SMILES string of the molecule is COc1ccncc1CN1CCC2(C1)NC(=O)N(C(C)C)C2=O. The van der Waals surface area contributed by atoms with Gasteiger partial charge in [0, 0.05) is 43.6 Å². The third kappa shape index (κ3) is 2.65. The Morgan fingerprint density at radius 1 is 1.43 bits per heavy atom. The Morgan fingerprint density at radius 3 is 2.87 bits per heavy atom. The van der Waals surface area contributed by atoms with Crippen LogP contribution >= 0.6 is 0 Å². The molecule has 1 aromatic heterocycles. The zero-order valence-electron chi connectivity index (χ0n) is 13.7. The summed E-state index contributed by atoms with van der Waals surface area (Å²) < 4.78 is 5.35. The molecule has 1 N–H and O–H groups in total. The maximum Gasteiger partial charge on any atom is 0.325 e. The van der Waals surface area contributed by atoms with Gasteiger partial charge in [0.1, 0.15) is 11.3 Å². The molecule has 3 amide bonds. The molecular weight excluding hydrogens is 296 g/mol. The van der Waals surface area contributed by atoms with Crippen LogP contribution in [0.25, 0.3) is 0 Å². The van der Waals surface area contributed by atoms with Gasteiger partial charge < -0.3 is 10.1 Å². The number of carbonyl (C=O) groups is 2. The van der Waals surface area contributed by atoms with E-state index in [1.54, 1.807) is 19.5 Å². The van der Waals surface area contributed by atoms with Gasteiger partial charge in [-0.15, -0.1) is 0 Å². The second-order valence-corrected chi connectivity index (χ2v) is 6.43. The van der Waals surface area contributed by atoms with Crippen molar-refractivity contribution in [3.63, 3.8) is 0 Å². The highest BCUT2D eigenvalue weighted by Crippen LogP contribution is 2.31. The number of nitrogens with one attached hydrogen (secondary N) is 1. The fourth-order valence-electron chi connectivity index (χ4n) is 3.38. The first-order chi connectivity index (χ1) is 11.0. The Bertz CT molecular complexity index is 634. The highest BCUT2D eigenvalue weighted by Gasteiger charge is 2.55. The molecule has 7 heteroatoms. The van der Waals surface area contributed by atoms with E-state index in [0.29, 0.717) is 19.5 Å². The van der Waals surface area contributed by atoms with Gasteiger partial charge in [-0.3, -0.25) is 19.6 Å². The molecule has 2 fully saturated rings. The van der Waals surface area contributed by atoms with Gasteiger partial charge in [-0.25, -0.2) is 4.79 Å². The average Bonchev–Trinajstić information content (AvgIpc) is 3.01. The van der Waals surface area contributed by atoms with E-state index >= 15 is 0 Å². The Morgan fingerprint density at radius 2 is 2.22 bits per heavy atom. The number of carbonyl (C=O) groups excluding carboxylic acids is 2. The number of aromatic nitrogens is 1. The lowest BCUT2D eigenvalue weighted by Crippen LogP contribution is -2.49. The molecule has 0 aromatic carbocycles. The van der Waals surface area contributed by atoms with Crippen LogP contribution in [0.1, 0.15) is 25.8 Å². The molecule has 0 saturated carbocycles. The van der Waals surface area contributed by atoms with Crippen molar-refractivity contribution in [2.24, 2.45) is 0 Å². The monoisotopic (exact) mass is 318 g/mol. The normalized spacial score (nSPS) is 24.8. The van der Waals surface area contributed by atoms with Crippen molar-refractivity contribution in [1.29, 1.82) is 0 Å². The molecular formula is C16H22N4O3. The quantitative estimate of drug-likeness (QED) is 0.838. The molecule has 0 aliphatic carbocycles. The van der Waals surface area contributed by atoms with Gasteiger partial charge in [-0.2, -0.15) is 0 Å². The van der Waals surface area contributed by atoms with Crippen LogP contribution in [0.5, 0.6) is 5.75 Å². The van der Waals surface area contributed by atoms with E-state index in [9.17, 15) is 9.59 Å². The minimum Gasteiger partial charge on any atom is -0.496 e. The molecule has 1 aromatic rings. The van der Waals surface area contributed by atoms with E-state index in [0.717, 1.165) is 17.9 Å². The fraction of sp³-hybridized carbons (Fsp3) is 0.562. The first kappa shape index (κ1) is 15.7. The molecule has 1 unspecified atom stereocenters. The van der Waals surface area contributed by atoms with E-state index < -0.39 is 5.54 Å². The molecule has 124 valence electrons. The Hall–Kier alpha value is -2.15. The number of amides is 3. The highest BCUT2D eigenvalue weighted by molar-refractivity contribution is 6.07. The number of rotatable bonds is 4. The van der Waals surface area contributed by atoms with Gasteiger partial charge in [0.15, 0.2) is 0 Å². The standard InChI is InChI=1S/C16H22N4O3/c1-11(2)20-14(21)16(18-15(20)22)5-7-19(10-16)9-12-8-17-6-4-13(12)23-3/h4,6,8,11H,5,7,9-10H2,1-3H3,(H,18,22). The summed E-state index contributed by atoms with van der Waals surface area (Å²) in [5.41, 5.74) is 0.195. The van der Waals surface area contributed by atoms with Gasteiger partial charge >= 0.3 is 6.03 Å². The van der Waals surface area contributed by atoms with Crippen LogP contribution in [-0.4, -0.2) is 58.5 Å². The summed E-state index contributed by atoms with van der Waals surface area (Å²) >= 11 is 0. The van der Waals surface area contributed by atoms with Crippen LogP contribution in [0, 0.1) is 0 Å². The van der Waals surface area contributed by atoms with E-state index in [1.807, 2.05) is 19.9 Å². The largest absolute Gasteiger partial charge is 0.496 e. The minimum atomic E-state index is -0.781. The number of methoxy groups -OCH3 is 1. The molecule has 1 spiro atoms. The van der Waals surface area contributed by atoms with Gasteiger partial charge in [0.25, 0.3) is 5.91 Å². The average molecular weight is 318 g/mol. The Labute approximate surface area is 135 Å². The van der Waals surface area contributed by atoms with Crippen molar-refractivity contribution >= 4 is 11.9 Å². The predicted octanol–water partition coefficient (Wildman–Crippen LogP) is 0.995. The summed E-state index contributed by atoms with van der Waals surface area (Å²) in [6.07, 6.45) is 4.09. The molecule has 23 heavy (non-hydrogen) atoms. The maximum atomic E-state index is 12.7. The summed E-state index contributed by atoms with van der Waals surface area (Å²) in [5.74, 6) is 0.671. The van der Waals surface area contributed by atoms with Crippen LogP contribution in [0.4, 0.5) is 4.79 Å². The highest BCUT2D eigenvalue weighted by atomic mass is 16.5. The first-order valence-electron chi connectivity index (χ1n) is 7.82. The predicted molar refractivity (Wildman–Crippen MR) is 83.9 cm³/mol. The van der Waals surface area contributed by atoms with Crippen molar-refractivity contribution in [2.45, 2.75) is 38.4 Å². The lowest BCUT2D eigenvalue weighted by Gasteiger charge is -2.23. The lowest BCUT2D eigenvalue weighted by molar-refractivity contribution is -0.132. The second kappa shape index (κ2) is 5.81. The van der Waals surface area contributed by atoms with Gasteiger partial charge in [0.2, 0.25) is 0 Å². The Balaban J connectivity index is 1.74. The molecule has 0 radical (unpaired) electrons. The summed E-state index contributed by atoms with van der Waals surface area (Å²) in [7, 11) is 1.63. The molecule has 3 rings (SSSR count). The van der Waals surface area contributed by atoms with Gasteiger partial charge in [-0.05, 0) is 26.3 Å². The van der Waals surface area contributed by atoms with Crippen LogP contribution in [0.15, 0.2) is 18.5 Å². The lowest BCUT2D eigenvalue weighted by atomic mass is 9.98. The second-order valence-electron chi connectivity index (χ2n) is 6.43. The van der Waals surface area contributed by atoms with E-state index in [4.69, 9.17) is 4.74 Å². The van der Waals surface area contributed by atoms with E-state index in [2.05, 4.69) is 15.2 Å². The van der Waals surface area contributed by atoms with Crippen molar-refractivity contribution < 1.29 is 14.3 Å². The molecule has 1 atom stereocenters. The maximum absolute atomic E-state index is 12.7. The number of pyridine rings is 1. The van der Waals surface area contributed by atoms with Crippen molar-refractivity contribution in [3.8, 4) is 5.75 Å². The van der Waals surface area contributed by atoms with Crippen LogP contribution in [-0.2, 0) is 11.3 Å². The number of likely N-dealkylation sites (tertiary alicyclic amines) is 1. The van der Waals surface area contributed by atoms with Gasteiger partial charge in [0.05, 0.1) is 7.11 Å². The number of imide groups is 1. The topological polar surface area (TPSA) is 74.8 Å². The minimum absolute atomic E-state index is 0.113. The number of hydrogen-bond acceptors (Lipinski definition) is 5. The number of hydrogen-bond donors (Lipinski definition) is 1. The number of urea groups is 1. The van der Waals surface area contributed by atoms with Crippen molar-refractivity contribution in [3.05, 3.63) is 24.0 Å². The first-order valence-corrected chi connectivity index (χ1v) is 7.82. The molecule has 2 saturated heterocycles. The third-order valence-electron chi connectivity index (χ3n) is 4.53. The van der Waals surface area contributed by atoms with E-state index in [-0.39, 0.29) is 18.0 Å². The molecule has 0 bridgehead atoms. The van der Waals surface area contributed by atoms with Crippen molar-refractivity contribution in [1.82, 2.24) is 20.1 Å². The van der Waals surface area contributed by atoms with Crippen molar-refractivity contribution in [2.75, 3.05) is 20.2 Å². The molecule has 7 nitrogen and oxygen atoms in total. The van der Waals surface area contributed by atoms with E-state index in [1.165, 1.54) is 4.90 Å². The fourth-order valence-corrected chi connectivity index (χ4v) is 3.38. The summed E-state index contributed by atoms with van der Waals surface area (Å²) in [6, 6.07) is 1.41. The zero-order chi connectivity index (χ0) is 16.6. The molecule has 2 aliphatic heterocycles. The molecule has 2 aliphatic rings. The number of ether oxygens (including phenoxy) is 1. The zero-order valence-corrected chi connectivity index (χ0v) is 13.7. The van der Waals surface area contributed by atoms with Crippen LogP contribution in [0.3, 0.4) is 0 Å². The summed E-state index contributed by atoms with van der Waals surface area (Å²) in [6.45, 7) is 5.60. The Kier molecular flexibility index (Phi) is 3.97. The summed E-state index contributed by atoms with van der Waals surface area (Å²) in [4.78, 5) is 32.4. The smallest absolute Gasteiger partial charge is 0.325 e. The van der Waals surface area contributed by atoms with Crippen LogP contribution in [0.2, 0.25) is 0 Å². The molecule has 3 heterocycles. The van der Waals surface area contributed by atoms with Crippen LogP contribution < -0.4 is 10.1 Å². The summed E-state index contributed by atoms with van der Waals surface area (Å²) in [5, 5.41) is 2.90. The van der Waals surface area contributed by atoms with Gasteiger partial charge in [-0.1, -0.05) is 0 Å².